The number of esters is 1. The number of amides is 1. The molecule has 1 aliphatic carbocycles. The Labute approximate surface area is 320 Å². The van der Waals surface area contributed by atoms with Crippen LogP contribution in [0.25, 0.3) is 0 Å². The van der Waals surface area contributed by atoms with E-state index in [1.165, 1.54) is 48.6 Å². The molecule has 0 spiro atoms. The number of rotatable bonds is 11. The number of benzene rings is 5. The van der Waals surface area contributed by atoms with Gasteiger partial charge in [-0.15, -0.1) is 12.6 Å². The van der Waals surface area contributed by atoms with Gasteiger partial charge in [0.1, 0.15) is 30.3 Å². The fourth-order valence-corrected chi connectivity index (χ4v) is 6.29. The van der Waals surface area contributed by atoms with E-state index < -0.39 is 51.7 Å². The molecule has 5 aromatic rings. The third-order valence-electron chi connectivity index (χ3n) is 9.07. The summed E-state index contributed by atoms with van der Waals surface area (Å²) in [5.41, 5.74) is 9.48. The van der Waals surface area contributed by atoms with Crippen molar-refractivity contribution in [1.82, 2.24) is 0 Å². The normalized spacial score (nSPS) is 12.7. The first-order valence-corrected chi connectivity index (χ1v) is 17.9. The van der Waals surface area contributed by atoms with Crippen LogP contribution in [0.1, 0.15) is 70.6 Å². The molecule has 0 radical (unpaired) electrons. The van der Waals surface area contributed by atoms with E-state index >= 15 is 4.39 Å². The molecule has 6 rings (SSSR count). The lowest BCUT2D eigenvalue weighted by molar-refractivity contribution is -0.117. The smallest absolute Gasteiger partial charge is 0.342 e. The van der Waals surface area contributed by atoms with Gasteiger partial charge in [-0.2, -0.15) is 0 Å². The summed E-state index contributed by atoms with van der Waals surface area (Å²) in [5, 5.41) is 0. The van der Waals surface area contributed by atoms with Crippen LogP contribution in [0, 0.1) is 34.9 Å². The van der Waals surface area contributed by atoms with Gasteiger partial charge in [0.05, 0.1) is 23.7 Å². The highest BCUT2D eigenvalue weighted by Gasteiger charge is 2.26. The van der Waals surface area contributed by atoms with Gasteiger partial charge in [0.2, 0.25) is 11.7 Å². The first kappa shape index (κ1) is 40.9. The van der Waals surface area contributed by atoms with Crippen LogP contribution in [0.3, 0.4) is 0 Å². The van der Waals surface area contributed by atoms with Crippen molar-refractivity contribution in [3.8, 4) is 5.75 Å². The lowest BCUT2D eigenvalue weighted by Crippen LogP contribution is -2.36. The third kappa shape index (κ3) is 10.5. The molecule has 0 saturated heterocycles. The summed E-state index contributed by atoms with van der Waals surface area (Å²) >= 11 is 3.10. The van der Waals surface area contributed by atoms with Crippen molar-refractivity contribution in [3.63, 3.8) is 0 Å². The second kappa shape index (κ2) is 19.4. The van der Waals surface area contributed by atoms with Crippen molar-refractivity contribution in [3.05, 3.63) is 160 Å². The number of thiol groups is 1. The number of hydrogen-bond donors (Lipinski definition) is 2. The molecule has 0 aromatic heterocycles. The number of nitrogens with zero attached hydrogens (tertiary/aromatic N) is 1. The number of carbonyl (C=O) groups excluding carboxylic acids is 2. The number of carbonyl (C=O) groups is 2. The zero-order chi connectivity index (χ0) is 39.5. The largest absolute Gasteiger partial charge is 0.488 e. The minimum atomic E-state index is -2.18. The number of halogens is 6. The van der Waals surface area contributed by atoms with Gasteiger partial charge in [-0.05, 0) is 47.1 Å². The van der Waals surface area contributed by atoms with Gasteiger partial charge < -0.3 is 20.1 Å². The molecule has 1 amide bonds. The average molecular weight is 781 g/mol. The first-order valence-electron chi connectivity index (χ1n) is 17.5. The molecule has 0 heterocycles. The van der Waals surface area contributed by atoms with Gasteiger partial charge in [0.25, 0.3) is 0 Å². The Bertz CT molecular complexity index is 1980. The molecular weight excluding hydrogens is 743 g/mol. The Morgan fingerprint density at radius 2 is 1.24 bits per heavy atom. The van der Waals surface area contributed by atoms with Crippen LogP contribution in [0.4, 0.5) is 32.0 Å². The Morgan fingerprint density at radius 1 is 0.691 bits per heavy atom. The minimum Gasteiger partial charge on any atom is -0.488 e. The molecular formula is C42H38F6N2O4S. The lowest BCUT2D eigenvalue weighted by Gasteiger charge is -2.25. The van der Waals surface area contributed by atoms with Crippen LogP contribution >= 0.6 is 12.6 Å². The molecule has 1 fully saturated rings. The Morgan fingerprint density at radius 3 is 1.80 bits per heavy atom. The van der Waals surface area contributed by atoms with E-state index in [1.54, 1.807) is 0 Å². The SMILES string of the molecule is Fc1c(F)c(F)c(S)c(F)c1F.NCC(=O)N(Cc1ccc(C2CCCCC2)cc1)c1cc(OCc2ccccc2)c(C(=O)OCc2ccccc2)cc1F. The van der Waals surface area contributed by atoms with Gasteiger partial charge in [0, 0.05) is 6.07 Å². The molecule has 55 heavy (non-hydrogen) atoms. The average Bonchev–Trinajstić information content (AvgIpc) is 3.23. The summed E-state index contributed by atoms with van der Waals surface area (Å²) in [7, 11) is 0. The summed E-state index contributed by atoms with van der Waals surface area (Å²) in [5.74, 6) is -11.3. The van der Waals surface area contributed by atoms with Crippen molar-refractivity contribution in [1.29, 1.82) is 0 Å². The number of anilines is 1. The fraction of sp³-hybridized carbons (Fsp3) is 0.238. The van der Waals surface area contributed by atoms with Gasteiger partial charge in [-0.25, -0.2) is 31.1 Å². The maximum Gasteiger partial charge on any atom is 0.342 e. The first-order chi connectivity index (χ1) is 26.5. The highest BCUT2D eigenvalue weighted by Crippen LogP contribution is 2.34. The van der Waals surface area contributed by atoms with Crippen LogP contribution in [0.2, 0.25) is 0 Å². The van der Waals surface area contributed by atoms with Crippen LogP contribution in [0.15, 0.2) is 102 Å². The fourth-order valence-electron chi connectivity index (χ4n) is 6.09. The Balaban J connectivity index is 0.000000413. The monoisotopic (exact) mass is 780 g/mol. The highest BCUT2D eigenvalue weighted by atomic mass is 32.1. The zero-order valence-corrected chi connectivity index (χ0v) is 30.4. The minimum absolute atomic E-state index is 0.0190. The van der Waals surface area contributed by atoms with Crippen LogP contribution in [-0.2, 0) is 29.3 Å². The Hall–Kier alpha value is -5.27. The van der Waals surface area contributed by atoms with Crippen molar-refractivity contribution >= 4 is 30.2 Å². The van der Waals surface area contributed by atoms with Gasteiger partial charge in [-0.3, -0.25) is 4.79 Å². The van der Waals surface area contributed by atoms with Crippen LogP contribution < -0.4 is 15.4 Å². The summed E-state index contributed by atoms with van der Waals surface area (Å²) in [6.45, 7) is -0.0252. The molecule has 13 heteroatoms. The van der Waals surface area contributed by atoms with Gasteiger partial charge in [0.15, 0.2) is 23.3 Å². The van der Waals surface area contributed by atoms with Crippen molar-refractivity contribution in [2.24, 2.45) is 5.73 Å². The van der Waals surface area contributed by atoms with E-state index in [9.17, 15) is 31.5 Å². The second-order valence-electron chi connectivity index (χ2n) is 12.8. The molecule has 1 aliphatic rings. The zero-order valence-electron chi connectivity index (χ0n) is 29.6. The molecule has 1 saturated carbocycles. The molecule has 0 aliphatic heterocycles. The predicted octanol–water partition coefficient (Wildman–Crippen LogP) is 9.97. The quantitative estimate of drug-likeness (QED) is 0.0459. The molecule has 2 N–H and O–H groups in total. The second-order valence-corrected chi connectivity index (χ2v) is 13.3. The van der Waals surface area contributed by atoms with Crippen LogP contribution in [-0.4, -0.2) is 18.4 Å². The van der Waals surface area contributed by atoms with Crippen LogP contribution in [0.5, 0.6) is 5.75 Å². The maximum atomic E-state index is 15.8. The van der Waals surface area contributed by atoms with E-state index in [0.29, 0.717) is 5.92 Å². The molecule has 0 atom stereocenters. The summed E-state index contributed by atoms with van der Waals surface area (Å²) in [4.78, 5) is 26.3. The predicted molar refractivity (Wildman–Crippen MR) is 199 cm³/mol. The molecule has 0 bridgehead atoms. The molecule has 288 valence electrons. The summed E-state index contributed by atoms with van der Waals surface area (Å²) < 4.78 is 88.6. The third-order valence-corrected chi connectivity index (χ3v) is 9.46. The number of hydrogen-bond acceptors (Lipinski definition) is 6. The molecule has 6 nitrogen and oxygen atoms in total. The van der Waals surface area contributed by atoms with E-state index in [-0.39, 0.29) is 43.3 Å². The van der Waals surface area contributed by atoms with E-state index in [1.807, 2.05) is 72.8 Å². The van der Waals surface area contributed by atoms with Crippen molar-refractivity contribution < 1.29 is 45.4 Å². The maximum absolute atomic E-state index is 15.8. The molecule has 0 unspecified atom stereocenters. The standard InChI is InChI=1S/C36H37FN2O4.C6HF5S/c37-32-20-31(36(41)43-25-28-12-6-2-7-13-28)34(42-24-27-10-4-1-5-11-27)21-33(32)39(35(40)22-38)23-26-16-18-30(19-17-26)29-14-8-3-9-15-29;7-1-2(8)4(10)6(12)5(11)3(1)9/h1-2,4-7,10-13,16-21,29H,3,8-9,14-15,22-25,38H2;12H. The van der Waals surface area contributed by atoms with Crippen molar-refractivity contribution in [2.75, 3.05) is 11.4 Å². The van der Waals surface area contributed by atoms with E-state index in [2.05, 4.69) is 24.8 Å². The van der Waals surface area contributed by atoms with Gasteiger partial charge in [-0.1, -0.05) is 104 Å². The lowest BCUT2D eigenvalue weighted by atomic mass is 9.84. The summed E-state index contributed by atoms with van der Waals surface area (Å²) in [6.07, 6.45) is 6.16. The number of nitrogens with two attached hydrogens (primary N) is 1. The van der Waals surface area contributed by atoms with Crippen molar-refractivity contribution in [2.45, 2.75) is 62.7 Å². The topological polar surface area (TPSA) is 81.9 Å². The molecule has 5 aromatic carbocycles. The number of ether oxygens (including phenoxy) is 2. The highest BCUT2D eigenvalue weighted by molar-refractivity contribution is 7.80. The van der Waals surface area contributed by atoms with E-state index in [0.717, 1.165) is 22.8 Å². The van der Waals surface area contributed by atoms with Gasteiger partial charge >= 0.3 is 5.97 Å². The Kier molecular flexibility index (Phi) is 14.4. The van der Waals surface area contributed by atoms with E-state index in [4.69, 9.17) is 15.2 Å². The summed E-state index contributed by atoms with van der Waals surface area (Å²) in [6, 6.07) is 29.3.